The Balaban J connectivity index is 1.63. The molecule has 138 valence electrons. The van der Waals surface area contributed by atoms with Crippen molar-refractivity contribution < 1.29 is 19.1 Å². The van der Waals surface area contributed by atoms with Crippen LogP contribution in [0.3, 0.4) is 0 Å². The zero-order valence-corrected chi connectivity index (χ0v) is 15.6. The molecule has 0 bridgehead atoms. The Hall–Kier alpha value is -1.06. The van der Waals surface area contributed by atoms with Crippen LogP contribution in [0.15, 0.2) is 0 Å². The standard InChI is InChI=1S/C20H34O4/c1-14-6-4-8-17(12-14)19(21)23-11-10-16(3)24-20(22)18-9-5-7-15(2)13-18/h14-18H,4-13H2,1-3H3. The molecule has 0 aromatic rings. The minimum absolute atomic E-state index is 0.0578. The largest absolute Gasteiger partial charge is 0.465 e. The first-order valence-electron chi connectivity index (χ1n) is 9.82. The number of carbonyl (C=O) groups excluding carboxylic acids is 2. The van der Waals surface area contributed by atoms with Crippen molar-refractivity contribution in [2.24, 2.45) is 23.7 Å². The molecule has 4 heteroatoms. The van der Waals surface area contributed by atoms with Gasteiger partial charge in [0, 0.05) is 6.42 Å². The van der Waals surface area contributed by atoms with Crippen molar-refractivity contribution in [1.29, 1.82) is 0 Å². The summed E-state index contributed by atoms with van der Waals surface area (Å²) in [6, 6.07) is 0. The molecule has 2 rings (SSSR count). The summed E-state index contributed by atoms with van der Waals surface area (Å²) in [7, 11) is 0. The van der Waals surface area contributed by atoms with E-state index in [1.165, 1.54) is 12.8 Å². The maximum atomic E-state index is 12.2. The molecule has 5 unspecified atom stereocenters. The number of carbonyl (C=O) groups is 2. The van der Waals surface area contributed by atoms with Crippen LogP contribution in [0, 0.1) is 23.7 Å². The van der Waals surface area contributed by atoms with Crippen molar-refractivity contribution in [2.75, 3.05) is 6.61 Å². The molecule has 0 aromatic carbocycles. The average molecular weight is 338 g/mol. The monoisotopic (exact) mass is 338 g/mol. The Kier molecular flexibility index (Phi) is 7.57. The SMILES string of the molecule is CC1CCCC(C(=O)OCCC(C)OC(=O)C2CCCC(C)C2)C1. The average Bonchev–Trinajstić information content (AvgIpc) is 2.54. The maximum Gasteiger partial charge on any atom is 0.309 e. The van der Waals surface area contributed by atoms with Gasteiger partial charge < -0.3 is 9.47 Å². The molecular weight excluding hydrogens is 304 g/mol. The molecule has 0 radical (unpaired) electrons. The minimum atomic E-state index is -0.187. The second kappa shape index (κ2) is 9.43. The Bertz CT molecular complexity index is 420. The van der Waals surface area contributed by atoms with Crippen LogP contribution in [0.4, 0.5) is 0 Å². The fourth-order valence-corrected chi connectivity index (χ4v) is 4.09. The van der Waals surface area contributed by atoms with Crippen LogP contribution >= 0.6 is 0 Å². The Morgan fingerprint density at radius 2 is 1.46 bits per heavy atom. The van der Waals surface area contributed by atoms with Gasteiger partial charge in [-0.15, -0.1) is 0 Å². The lowest BCUT2D eigenvalue weighted by Crippen LogP contribution is -2.28. The van der Waals surface area contributed by atoms with Gasteiger partial charge >= 0.3 is 11.9 Å². The van der Waals surface area contributed by atoms with Crippen molar-refractivity contribution in [3.8, 4) is 0 Å². The first kappa shape index (κ1) is 19.3. The summed E-state index contributed by atoms with van der Waals surface area (Å²) in [5.74, 6) is 1.22. The van der Waals surface area contributed by atoms with Gasteiger partial charge in [-0.2, -0.15) is 0 Å². The van der Waals surface area contributed by atoms with Crippen LogP contribution in [-0.4, -0.2) is 24.6 Å². The van der Waals surface area contributed by atoms with Gasteiger partial charge in [0.25, 0.3) is 0 Å². The fraction of sp³-hybridized carbons (Fsp3) is 0.900. The number of hydrogen-bond donors (Lipinski definition) is 0. The summed E-state index contributed by atoms with van der Waals surface area (Å²) in [5, 5.41) is 0. The second-order valence-corrected chi connectivity index (χ2v) is 8.14. The summed E-state index contributed by atoms with van der Waals surface area (Å²) in [6.45, 7) is 6.64. The van der Waals surface area contributed by atoms with Crippen LogP contribution < -0.4 is 0 Å². The summed E-state index contributed by atoms with van der Waals surface area (Å²) >= 11 is 0. The molecule has 4 nitrogen and oxygen atoms in total. The molecule has 0 heterocycles. The van der Waals surface area contributed by atoms with Crippen LogP contribution in [-0.2, 0) is 19.1 Å². The molecule has 5 atom stereocenters. The third-order valence-corrected chi connectivity index (χ3v) is 5.63. The molecule has 0 N–H and O–H groups in total. The van der Waals surface area contributed by atoms with E-state index in [1.54, 1.807) is 0 Å². The highest BCUT2D eigenvalue weighted by Gasteiger charge is 2.28. The van der Waals surface area contributed by atoms with Crippen molar-refractivity contribution in [3.05, 3.63) is 0 Å². The number of rotatable bonds is 6. The Morgan fingerprint density at radius 1 is 0.917 bits per heavy atom. The van der Waals surface area contributed by atoms with E-state index in [9.17, 15) is 9.59 Å². The van der Waals surface area contributed by atoms with Crippen molar-refractivity contribution in [1.82, 2.24) is 0 Å². The Morgan fingerprint density at radius 3 is 2.00 bits per heavy atom. The van der Waals surface area contributed by atoms with Gasteiger partial charge in [0.1, 0.15) is 6.10 Å². The van der Waals surface area contributed by atoms with E-state index >= 15 is 0 Å². The highest BCUT2D eigenvalue weighted by Crippen LogP contribution is 2.30. The molecule has 0 aromatic heterocycles. The van der Waals surface area contributed by atoms with E-state index in [0.29, 0.717) is 24.9 Å². The van der Waals surface area contributed by atoms with E-state index in [0.717, 1.165) is 38.5 Å². The van der Waals surface area contributed by atoms with Gasteiger partial charge in [0.05, 0.1) is 18.4 Å². The summed E-state index contributed by atoms with van der Waals surface area (Å²) < 4.78 is 11.0. The smallest absolute Gasteiger partial charge is 0.309 e. The van der Waals surface area contributed by atoms with Gasteiger partial charge in [0.15, 0.2) is 0 Å². The third-order valence-electron chi connectivity index (χ3n) is 5.63. The molecule has 0 saturated heterocycles. The van der Waals surface area contributed by atoms with Crippen LogP contribution in [0.5, 0.6) is 0 Å². The maximum absolute atomic E-state index is 12.2. The highest BCUT2D eigenvalue weighted by molar-refractivity contribution is 5.73. The van der Waals surface area contributed by atoms with E-state index in [-0.39, 0.29) is 29.9 Å². The molecule has 2 aliphatic rings. The van der Waals surface area contributed by atoms with Gasteiger partial charge in [-0.3, -0.25) is 9.59 Å². The van der Waals surface area contributed by atoms with Crippen LogP contribution in [0.2, 0.25) is 0 Å². The minimum Gasteiger partial charge on any atom is -0.465 e. The first-order chi connectivity index (χ1) is 11.5. The molecule has 2 saturated carbocycles. The molecule has 0 aliphatic heterocycles. The molecule has 2 fully saturated rings. The predicted octanol–water partition coefficient (Wildman–Crippen LogP) is 4.50. The van der Waals surface area contributed by atoms with E-state index in [2.05, 4.69) is 13.8 Å². The number of esters is 2. The lowest BCUT2D eigenvalue weighted by molar-refractivity contribution is -0.157. The number of hydrogen-bond acceptors (Lipinski definition) is 4. The second-order valence-electron chi connectivity index (χ2n) is 8.14. The molecule has 24 heavy (non-hydrogen) atoms. The lowest BCUT2D eigenvalue weighted by Gasteiger charge is -2.27. The topological polar surface area (TPSA) is 52.6 Å². The van der Waals surface area contributed by atoms with Crippen molar-refractivity contribution in [2.45, 2.75) is 84.7 Å². The van der Waals surface area contributed by atoms with E-state index in [4.69, 9.17) is 9.47 Å². The van der Waals surface area contributed by atoms with Crippen molar-refractivity contribution in [3.63, 3.8) is 0 Å². The van der Waals surface area contributed by atoms with Gasteiger partial charge in [0.2, 0.25) is 0 Å². The van der Waals surface area contributed by atoms with Gasteiger partial charge in [-0.25, -0.2) is 0 Å². The quantitative estimate of drug-likeness (QED) is 0.669. The van der Waals surface area contributed by atoms with Crippen LogP contribution in [0.1, 0.15) is 78.6 Å². The predicted molar refractivity (Wildman–Crippen MR) is 93.4 cm³/mol. The van der Waals surface area contributed by atoms with E-state index in [1.807, 2.05) is 6.92 Å². The third kappa shape index (κ3) is 6.10. The zero-order valence-electron chi connectivity index (χ0n) is 15.6. The normalized spacial score (nSPS) is 32.0. The first-order valence-corrected chi connectivity index (χ1v) is 9.82. The Labute approximate surface area is 146 Å². The molecule has 0 spiro atoms. The summed E-state index contributed by atoms with van der Waals surface area (Å²) in [4.78, 5) is 24.3. The summed E-state index contributed by atoms with van der Waals surface area (Å²) in [5.41, 5.74) is 0. The molecule has 2 aliphatic carbocycles. The highest BCUT2D eigenvalue weighted by atomic mass is 16.6. The van der Waals surface area contributed by atoms with Crippen LogP contribution in [0.25, 0.3) is 0 Å². The van der Waals surface area contributed by atoms with Gasteiger partial charge in [-0.05, 0) is 44.4 Å². The molecular formula is C20H34O4. The number of ether oxygens (including phenoxy) is 2. The van der Waals surface area contributed by atoms with E-state index < -0.39 is 0 Å². The summed E-state index contributed by atoms with van der Waals surface area (Å²) in [6.07, 6.45) is 8.87. The lowest BCUT2D eigenvalue weighted by atomic mass is 9.82. The fourth-order valence-electron chi connectivity index (χ4n) is 4.09. The van der Waals surface area contributed by atoms with Crippen molar-refractivity contribution >= 4 is 11.9 Å². The molecule has 0 amide bonds. The van der Waals surface area contributed by atoms with Gasteiger partial charge in [-0.1, -0.05) is 39.5 Å². The zero-order chi connectivity index (χ0) is 17.5.